The van der Waals surface area contributed by atoms with Crippen LogP contribution in [0.2, 0.25) is 0 Å². The van der Waals surface area contributed by atoms with Gasteiger partial charge in [0.2, 0.25) is 5.60 Å². The van der Waals surface area contributed by atoms with Crippen LogP contribution in [0.3, 0.4) is 0 Å². The molecule has 1 aromatic carbocycles. The number of hydrogen-bond donors (Lipinski definition) is 0. The molecule has 0 unspecified atom stereocenters. The third-order valence-electron chi connectivity index (χ3n) is 8.59. The van der Waals surface area contributed by atoms with Gasteiger partial charge in [-0.05, 0) is 43.4 Å². The summed E-state index contributed by atoms with van der Waals surface area (Å²) in [6.45, 7) is 4.01. The number of ether oxygens (including phenoxy) is 1. The van der Waals surface area contributed by atoms with Crippen LogP contribution < -0.4 is 4.74 Å². The number of pyridine rings is 1. The van der Waals surface area contributed by atoms with Gasteiger partial charge in [-0.2, -0.15) is 26.3 Å². The number of thiophene rings is 1. The normalized spacial score (nSPS) is 22.2. The van der Waals surface area contributed by atoms with E-state index in [1.807, 2.05) is 38.1 Å². The van der Waals surface area contributed by atoms with Crippen LogP contribution in [-0.4, -0.2) is 50.8 Å². The number of aromatic nitrogens is 1. The van der Waals surface area contributed by atoms with Crippen molar-refractivity contribution < 1.29 is 40.7 Å². The molecule has 5 rings (SSSR count). The molecule has 242 valence electrons. The second kappa shape index (κ2) is 12.6. The van der Waals surface area contributed by atoms with Gasteiger partial charge in [0.25, 0.3) is 11.8 Å². The standard InChI is InChI=1S/C32H33F6N3O3S/c1-3-4-10-26-30(44-23-16-27(45-19-23)32(36,37)38,29(43)41-18-22-9-6-5-8-21(22)15-20(41)2)12-7-14-40(26)28(42)24-17-39-13-11-25(24)31(33,34)35/h5-6,8-9,11,13,16-17,19-20,26H,3-4,7,10,12,14-15,18H2,1-2H3/t20-,26-,30+/m1/s1. The largest absolute Gasteiger partial charge is 0.474 e. The number of alkyl halides is 6. The number of nitrogens with zero attached hydrogens (tertiary/aromatic N) is 3. The van der Waals surface area contributed by atoms with Gasteiger partial charge in [-0.1, -0.05) is 44.0 Å². The fourth-order valence-corrected chi connectivity index (χ4v) is 7.10. The Morgan fingerprint density at radius 1 is 1.07 bits per heavy atom. The summed E-state index contributed by atoms with van der Waals surface area (Å²) in [7, 11) is 0. The molecule has 0 saturated carbocycles. The summed E-state index contributed by atoms with van der Waals surface area (Å²) in [5.74, 6) is -1.65. The molecule has 1 saturated heterocycles. The minimum Gasteiger partial charge on any atom is -0.474 e. The Morgan fingerprint density at radius 2 is 1.80 bits per heavy atom. The maximum Gasteiger partial charge on any atom is 0.425 e. The van der Waals surface area contributed by atoms with Crippen molar-refractivity contribution in [2.75, 3.05) is 6.54 Å². The average Bonchev–Trinajstić information content (AvgIpc) is 3.48. The van der Waals surface area contributed by atoms with Gasteiger partial charge in [-0.3, -0.25) is 14.6 Å². The summed E-state index contributed by atoms with van der Waals surface area (Å²) < 4.78 is 89.0. The molecule has 2 aliphatic rings. The van der Waals surface area contributed by atoms with Crippen molar-refractivity contribution in [1.82, 2.24) is 14.8 Å². The van der Waals surface area contributed by atoms with Crippen molar-refractivity contribution in [2.45, 2.75) is 89.0 Å². The zero-order chi connectivity index (χ0) is 32.6. The molecule has 13 heteroatoms. The van der Waals surface area contributed by atoms with E-state index in [4.69, 9.17) is 4.74 Å². The van der Waals surface area contributed by atoms with Crippen LogP contribution in [0.5, 0.6) is 5.75 Å². The highest BCUT2D eigenvalue weighted by molar-refractivity contribution is 7.10. The predicted octanol–water partition coefficient (Wildman–Crippen LogP) is 7.77. The first kappa shape index (κ1) is 32.8. The van der Waals surface area contributed by atoms with Crippen molar-refractivity contribution in [3.05, 3.63) is 81.3 Å². The van der Waals surface area contributed by atoms with Gasteiger partial charge >= 0.3 is 12.4 Å². The van der Waals surface area contributed by atoms with E-state index in [0.717, 1.165) is 35.7 Å². The van der Waals surface area contributed by atoms with Crippen LogP contribution in [-0.2, 0) is 30.1 Å². The van der Waals surface area contributed by atoms with E-state index < -0.39 is 51.8 Å². The van der Waals surface area contributed by atoms with Gasteiger partial charge in [0.15, 0.2) is 0 Å². The van der Waals surface area contributed by atoms with E-state index in [-0.39, 0.29) is 44.1 Å². The van der Waals surface area contributed by atoms with Gasteiger partial charge in [0, 0.05) is 49.4 Å². The Morgan fingerprint density at radius 3 is 2.47 bits per heavy atom. The first-order chi connectivity index (χ1) is 21.3. The fourth-order valence-electron chi connectivity index (χ4n) is 6.42. The van der Waals surface area contributed by atoms with E-state index in [9.17, 15) is 35.9 Å². The molecule has 0 radical (unpaired) electrons. The second-order valence-electron chi connectivity index (χ2n) is 11.6. The number of carbonyl (C=O) groups is 2. The number of benzene rings is 1. The van der Waals surface area contributed by atoms with Crippen LogP contribution in [0.1, 0.15) is 77.9 Å². The molecule has 0 spiro atoms. The second-order valence-corrected chi connectivity index (χ2v) is 12.5. The van der Waals surface area contributed by atoms with E-state index in [2.05, 4.69) is 4.98 Å². The van der Waals surface area contributed by atoms with Gasteiger partial charge in [0.1, 0.15) is 10.6 Å². The summed E-state index contributed by atoms with van der Waals surface area (Å²) in [4.78, 5) is 34.6. The quantitative estimate of drug-likeness (QED) is 0.245. The summed E-state index contributed by atoms with van der Waals surface area (Å²) in [6, 6.07) is 7.81. The Bertz CT molecular complexity index is 1540. The highest BCUT2D eigenvalue weighted by atomic mass is 32.1. The van der Waals surface area contributed by atoms with Crippen molar-refractivity contribution in [3.63, 3.8) is 0 Å². The Hall–Kier alpha value is -3.61. The molecule has 3 aromatic rings. The third-order valence-corrected chi connectivity index (χ3v) is 9.55. The average molecular weight is 654 g/mol. The monoisotopic (exact) mass is 653 g/mol. The van der Waals surface area contributed by atoms with Crippen molar-refractivity contribution in [2.24, 2.45) is 0 Å². The smallest absolute Gasteiger partial charge is 0.425 e. The maximum absolute atomic E-state index is 14.9. The number of carbonyl (C=O) groups excluding carboxylic acids is 2. The molecule has 0 N–H and O–H groups in total. The molecular weight excluding hydrogens is 620 g/mol. The number of amides is 2. The number of rotatable bonds is 7. The van der Waals surface area contributed by atoms with Gasteiger partial charge < -0.3 is 14.5 Å². The number of likely N-dealkylation sites (tertiary alicyclic amines) is 1. The van der Waals surface area contributed by atoms with Crippen LogP contribution in [0.25, 0.3) is 0 Å². The summed E-state index contributed by atoms with van der Waals surface area (Å²) in [6.07, 6.45) is -5.60. The minimum absolute atomic E-state index is 0.0353. The fraction of sp³-hybridized carbons (Fsp3) is 0.469. The van der Waals surface area contributed by atoms with Crippen LogP contribution in [0.4, 0.5) is 26.3 Å². The predicted molar refractivity (Wildman–Crippen MR) is 156 cm³/mol. The van der Waals surface area contributed by atoms with Crippen molar-refractivity contribution >= 4 is 23.2 Å². The Balaban J connectivity index is 1.62. The lowest BCUT2D eigenvalue weighted by molar-refractivity contribution is -0.162. The molecule has 4 heterocycles. The van der Waals surface area contributed by atoms with Crippen molar-refractivity contribution in [1.29, 1.82) is 0 Å². The number of fused-ring (bicyclic) bond motifs is 1. The van der Waals surface area contributed by atoms with Gasteiger partial charge in [-0.25, -0.2) is 0 Å². The number of hydrogen-bond acceptors (Lipinski definition) is 5. The number of unbranched alkanes of at least 4 members (excludes halogenated alkanes) is 1. The van der Waals surface area contributed by atoms with Crippen LogP contribution >= 0.6 is 11.3 Å². The first-order valence-corrected chi connectivity index (χ1v) is 15.7. The number of piperidine rings is 1. The Labute approximate surface area is 261 Å². The molecule has 2 aliphatic heterocycles. The lowest BCUT2D eigenvalue weighted by Gasteiger charge is -2.51. The molecule has 2 aromatic heterocycles. The lowest BCUT2D eigenvalue weighted by Crippen LogP contribution is -2.69. The van der Waals surface area contributed by atoms with E-state index >= 15 is 0 Å². The van der Waals surface area contributed by atoms with Gasteiger partial charge in [-0.15, -0.1) is 11.3 Å². The Kier molecular flexibility index (Phi) is 9.21. The van der Waals surface area contributed by atoms with Crippen molar-refractivity contribution in [3.8, 4) is 5.75 Å². The van der Waals surface area contributed by atoms with Gasteiger partial charge in [0.05, 0.1) is 17.2 Å². The molecule has 2 amide bonds. The summed E-state index contributed by atoms with van der Waals surface area (Å²) >= 11 is 0.421. The zero-order valence-electron chi connectivity index (χ0n) is 24.8. The third kappa shape index (κ3) is 6.54. The minimum atomic E-state index is -4.84. The van der Waals surface area contributed by atoms with E-state index in [1.165, 1.54) is 10.3 Å². The molecular formula is C32H33F6N3O3S. The molecule has 0 bridgehead atoms. The van der Waals surface area contributed by atoms with Crippen LogP contribution in [0, 0.1) is 0 Å². The highest BCUT2D eigenvalue weighted by Crippen LogP contribution is 2.43. The SMILES string of the molecule is CCCC[C@H]1N(C(=O)c2cnccc2C(F)(F)F)CCC[C@@]1(Oc1csc(C(F)(F)F)c1)C(=O)N1Cc2ccccc2C[C@H]1C. The molecule has 3 atom stereocenters. The maximum atomic E-state index is 14.9. The summed E-state index contributed by atoms with van der Waals surface area (Å²) in [5.41, 5.74) is -1.70. The lowest BCUT2D eigenvalue weighted by atomic mass is 9.78. The highest BCUT2D eigenvalue weighted by Gasteiger charge is 2.56. The molecule has 1 fully saturated rings. The number of halogens is 6. The summed E-state index contributed by atoms with van der Waals surface area (Å²) in [5, 5.41) is 1.17. The molecule has 0 aliphatic carbocycles. The van der Waals surface area contributed by atoms with E-state index in [1.54, 1.807) is 4.90 Å². The zero-order valence-corrected chi connectivity index (χ0v) is 25.6. The molecule has 45 heavy (non-hydrogen) atoms. The van der Waals surface area contributed by atoms with Crippen LogP contribution in [0.15, 0.2) is 54.2 Å². The topological polar surface area (TPSA) is 62.7 Å². The molecule has 6 nitrogen and oxygen atoms in total. The van der Waals surface area contributed by atoms with E-state index in [0.29, 0.717) is 30.6 Å². The first-order valence-electron chi connectivity index (χ1n) is 14.8.